The molecule has 1 saturated carbocycles. The molecule has 5 nitrogen and oxygen atoms in total. The third-order valence-corrected chi connectivity index (χ3v) is 5.70. The summed E-state index contributed by atoms with van der Waals surface area (Å²) < 4.78 is 2.06. The summed E-state index contributed by atoms with van der Waals surface area (Å²) in [5, 5.41) is 0. The van der Waals surface area contributed by atoms with Crippen molar-refractivity contribution in [2.75, 3.05) is 13.1 Å². The van der Waals surface area contributed by atoms with Gasteiger partial charge < -0.3 is 14.4 Å². The van der Waals surface area contributed by atoms with Gasteiger partial charge in [-0.3, -0.25) is 9.59 Å². The van der Waals surface area contributed by atoms with Gasteiger partial charge in [-0.2, -0.15) is 0 Å². The fourth-order valence-electron chi connectivity index (χ4n) is 3.80. The van der Waals surface area contributed by atoms with E-state index in [0.717, 1.165) is 31.4 Å². The van der Waals surface area contributed by atoms with Crippen molar-refractivity contribution in [2.45, 2.75) is 91.1 Å². The molecule has 1 aliphatic rings. The van der Waals surface area contributed by atoms with E-state index in [4.69, 9.17) is 0 Å². The summed E-state index contributed by atoms with van der Waals surface area (Å²) in [5.41, 5.74) is 1.12. The number of aryl methyl sites for hydroxylation is 1. The summed E-state index contributed by atoms with van der Waals surface area (Å²) >= 11 is 0. The molecule has 0 unspecified atom stereocenters. The van der Waals surface area contributed by atoms with Gasteiger partial charge in [0, 0.05) is 37.9 Å². The fourth-order valence-corrected chi connectivity index (χ4v) is 3.80. The van der Waals surface area contributed by atoms with Crippen LogP contribution >= 0.6 is 0 Å². The Hall–Kier alpha value is -1.78. The third-order valence-electron chi connectivity index (χ3n) is 5.70. The maximum Gasteiger partial charge on any atom is 0.242 e. The van der Waals surface area contributed by atoms with Gasteiger partial charge in [0.1, 0.15) is 6.54 Å². The van der Waals surface area contributed by atoms with E-state index in [1.807, 2.05) is 29.1 Å². The average Bonchev–Trinajstić information content (AvgIpc) is 3.44. The van der Waals surface area contributed by atoms with Crippen molar-refractivity contribution < 1.29 is 9.59 Å². The summed E-state index contributed by atoms with van der Waals surface area (Å²) in [6, 6.07) is 4.35. The Balaban J connectivity index is 1.89. The monoisotopic (exact) mass is 403 g/mol. The van der Waals surface area contributed by atoms with Crippen LogP contribution in [0.1, 0.15) is 84.3 Å². The zero-order valence-corrected chi connectivity index (χ0v) is 19.0. The first-order valence-electron chi connectivity index (χ1n) is 11.6. The number of aromatic nitrogens is 1. The molecule has 0 bridgehead atoms. The molecule has 1 fully saturated rings. The van der Waals surface area contributed by atoms with Crippen molar-refractivity contribution in [3.63, 3.8) is 0 Å². The van der Waals surface area contributed by atoms with Gasteiger partial charge in [-0.15, -0.1) is 0 Å². The summed E-state index contributed by atoms with van der Waals surface area (Å²) in [5.74, 6) is 0.634. The zero-order chi connectivity index (χ0) is 21.2. The van der Waals surface area contributed by atoms with Gasteiger partial charge in [-0.05, 0) is 37.3 Å². The summed E-state index contributed by atoms with van der Waals surface area (Å²) in [4.78, 5) is 29.7. The van der Waals surface area contributed by atoms with Crippen LogP contribution in [0.4, 0.5) is 0 Å². The Morgan fingerprint density at radius 2 is 1.79 bits per heavy atom. The first kappa shape index (κ1) is 23.5. The molecule has 0 aliphatic heterocycles. The zero-order valence-electron chi connectivity index (χ0n) is 19.0. The van der Waals surface area contributed by atoms with Crippen molar-refractivity contribution in [3.8, 4) is 0 Å². The van der Waals surface area contributed by atoms with E-state index < -0.39 is 0 Å². The second-order valence-corrected chi connectivity index (χ2v) is 9.05. The van der Waals surface area contributed by atoms with Crippen LogP contribution in [0.2, 0.25) is 0 Å². The van der Waals surface area contributed by atoms with E-state index in [2.05, 4.69) is 31.4 Å². The lowest BCUT2D eigenvalue weighted by Gasteiger charge is -2.29. The predicted octanol–water partition coefficient (Wildman–Crippen LogP) is 4.75. The summed E-state index contributed by atoms with van der Waals surface area (Å²) in [6.45, 7) is 8.03. The number of hydrogen-bond donors (Lipinski definition) is 0. The van der Waals surface area contributed by atoms with Gasteiger partial charge >= 0.3 is 0 Å². The first-order chi connectivity index (χ1) is 13.9. The van der Waals surface area contributed by atoms with Crippen LogP contribution in [0.25, 0.3) is 0 Å². The minimum absolute atomic E-state index is 0.0723. The Kier molecular flexibility index (Phi) is 9.75. The Morgan fingerprint density at radius 1 is 1.10 bits per heavy atom. The maximum absolute atomic E-state index is 13.1. The molecule has 29 heavy (non-hydrogen) atoms. The lowest BCUT2D eigenvalue weighted by Crippen LogP contribution is -2.44. The van der Waals surface area contributed by atoms with Crippen LogP contribution in [-0.4, -0.2) is 45.3 Å². The highest BCUT2D eigenvalue weighted by molar-refractivity contribution is 5.85. The number of carbonyl (C=O) groups excluding carboxylic acids is 2. The van der Waals surface area contributed by atoms with Crippen LogP contribution in [0.15, 0.2) is 18.3 Å². The highest BCUT2D eigenvalue weighted by Crippen LogP contribution is 2.28. The van der Waals surface area contributed by atoms with Crippen molar-refractivity contribution in [2.24, 2.45) is 13.0 Å². The summed E-state index contributed by atoms with van der Waals surface area (Å²) in [7, 11) is 2.01. The van der Waals surface area contributed by atoms with Crippen molar-refractivity contribution in [1.29, 1.82) is 0 Å². The summed E-state index contributed by atoms with van der Waals surface area (Å²) in [6.07, 6.45) is 11.7. The molecule has 1 aromatic heterocycles. The van der Waals surface area contributed by atoms with Gasteiger partial charge in [-0.25, -0.2) is 0 Å². The smallest absolute Gasteiger partial charge is 0.242 e. The number of carbonyl (C=O) groups is 2. The number of unbranched alkanes of at least 4 members (excludes halogenated alkanes) is 5. The standard InChI is InChI=1S/C24H41N3O2/c1-5-6-7-8-9-10-13-23(28)27(21-14-15-21)19-24(29)26(17-20(2)3)18-22-12-11-16-25(22)4/h11-12,16,20-21H,5-10,13-15,17-19H2,1-4H3. The van der Waals surface area contributed by atoms with E-state index in [1.165, 1.54) is 25.7 Å². The highest BCUT2D eigenvalue weighted by atomic mass is 16.2. The molecule has 1 heterocycles. The molecule has 0 spiro atoms. The van der Waals surface area contributed by atoms with Gasteiger partial charge in [-0.1, -0.05) is 52.9 Å². The number of amides is 2. The maximum atomic E-state index is 13.1. The van der Waals surface area contributed by atoms with Gasteiger partial charge in [0.05, 0.1) is 6.54 Å². The van der Waals surface area contributed by atoms with Crippen molar-refractivity contribution >= 4 is 11.8 Å². The lowest BCUT2D eigenvalue weighted by atomic mass is 10.1. The van der Waals surface area contributed by atoms with E-state index in [9.17, 15) is 9.59 Å². The number of rotatable bonds is 14. The predicted molar refractivity (Wildman–Crippen MR) is 118 cm³/mol. The molecule has 0 saturated heterocycles. The molecule has 164 valence electrons. The molecule has 2 amide bonds. The highest BCUT2D eigenvalue weighted by Gasteiger charge is 2.34. The number of hydrogen-bond acceptors (Lipinski definition) is 2. The van der Waals surface area contributed by atoms with Crippen molar-refractivity contribution in [3.05, 3.63) is 24.0 Å². The minimum atomic E-state index is 0.0723. The van der Waals surface area contributed by atoms with Crippen LogP contribution in [0.3, 0.4) is 0 Å². The molecule has 0 N–H and O–H groups in total. The molecular formula is C24H41N3O2. The second-order valence-electron chi connectivity index (χ2n) is 9.05. The molecular weight excluding hydrogens is 362 g/mol. The molecule has 1 aromatic rings. The minimum Gasteiger partial charge on any atom is -0.353 e. The second kappa shape index (κ2) is 12.0. The normalized spacial score (nSPS) is 13.7. The number of nitrogens with zero attached hydrogens (tertiary/aromatic N) is 3. The Morgan fingerprint density at radius 3 is 2.38 bits per heavy atom. The van der Waals surface area contributed by atoms with Gasteiger partial charge in [0.25, 0.3) is 0 Å². The Bertz CT molecular complexity index is 634. The quantitative estimate of drug-likeness (QED) is 0.421. The molecule has 0 aromatic carbocycles. The van der Waals surface area contributed by atoms with Crippen molar-refractivity contribution in [1.82, 2.24) is 14.4 Å². The molecule has 0 atom stereocenters. The molecule has 1 aliphatic carbocycles. The molecule has 5 heteroatoms. The largest absolute Gasteiger partial charge is 0.353 e. The SMILES string of the molecule is CCCCCCCCC(=O)N(CC(=O)N(Cc1cccn1C)CC(C)C)C1CC1. The van der Waals surface area contributed by atoms with Gasteiger partial charge in [0.2, 0.25) is 11.8 Å². The average molecular weight is 404 g/mol. The lowest BCUT2D eigenvalue weighted by molar-refractivity contribution is -0.141. The van der Waals surface area contributed by atoms with Crippen LogP contribution < -0.4 is 0 Å². The van der Waals surface area contributed by atoms with Gasteiger partial charge in [0.15, 0.2) is 0 Å². The van der Waals surface area contributed by atoms with E-state index in [1.54, 1.807) is 0 Å². The topological polar surface area (TPSA) is 45.6 Å². The van der Waals surface area contributed by atoms with Crippen LogP contribution in [0.5, 0.6) is 0 Å². The first-order valence-corrected chi connectivity index (χ1v) is 11.6. The van der Waals surface area contributed by atoms with Crippen LogP contribution in [-0.2, 0) is 23.2 Å². The van der Waals surface area contributed by atoms with E-state index in [0.29, 0.717) is 25.4 Å². The molecule has 0 radical (unpaired) electrons. The third kappa shape index (κ3) is 8.23. The fraction of sp³-hybridized carbons (Fsp3) is 0.750. The Labute approximate surface area is 177 Å². The van der Waals surface area contributed by atoms with Crippen LogP contribution in [0, 0.1) is 5.92 Å². The molecule has 2 rings (SSSR count). The van der Waals surface area contributed by atoms with E-state index in [-0.39, 0.29) is 24.4 Å². The van der Waals surface area contributed by atoms with E-state index >= 15 is 0 Å².